The molecule has 2 amide bonds. The number of hydrogen-bond acceptors (Lipinski definition) is 2. The van der Waals surface area contributed by atoms with Gasteiger partial charge in [-0.3, -0.25) is 4.79 Å². The summed E-state index contributed by atoms with van der Waals surface area (Å²) >= 11 is 0. The highest BCUT2D eigenvalue weighted by atomic mass is 16.4. The van der Waals surface area contributed by atoms with E-state index in [0.29, 0.717) is 31.3 Å². The number of nitrogens with one attached hydrogen (secondary N) is 1. The van der Waals surface area contributed by atoms with E-state index in [1.807, 2.05) is 0 Å². The van der Waals surface area contributed by atoms with E-state index in [0.717, 1.165) is 6.54 Å². The first-order valence-electron chi connectivity index (χ1n) is 7.68. The number of nitrogens with zero attached hydrogens (tertiary/aromatic N) is 1. The molecule has 1 saturated heterocycles. The summed E-state index contributed by atoms with van der Waals surface area (Å²) in [6.07, 6.45) is 5.53. The van der Waals surface area contributed by atoms with Crippen molar-refractivity contribution in [3.63, 3.8) is 0 Å². The number of hydrogen-bond donors (Lipinski definition) is 2. The minimum atomic E-state index is -0.811. The molecule has 5 heteroatoms. The maximum Gasteiger partial charge on any atom is 0.317 e. The molecule has 20 heavy (non-hydrogen) atoms. The van der Waals surface area contributed by atoms with Gasteiger partial charge in [0.1, 0.15) is 0 Å². The van der Waals surface area contributed by atoms with Gasteiger partial charge in [-0.05, 0) is 31.6 Å². The summed E-state index contributed by atoms with van der Waals surface area (Å²) in [6.45, 7) is 5.54. The summed E-state index contributed by atoms with van der Waals surface area (Å²) in [4.78, 5) is 24.9. The van der Waals surface area contributed by atoms with E-state index in [2.05, 4.69) is 12.2 Å². The highest BCUT2D eigenvalue weighted by molar-refractivity contribution is 5.79. The normalized spacial score (nSPS) is 34.0. The van der Waals surface area contributed by atoms with Gasteiger partial charge in [0.2, 0.25) is 0 Å². The summed E-state index contributed by atoms with van der Waals surface area (Å²) in [7, 11) is 0. The Labute approximate surface area is 120 Å². The Hall–Kier alpha value is -1.26. The Morgan fingerprint density at radius 1 is 1.35 bits per heavy atom. The Bertz CT molecular complexity index is 385. The van der Waals surface area contributed by atoms with Gasteiger partial charge in [-0.1, -0.05) is 26.2 Å². The van der Waals surface area contributed by atoms with Gasteiger partial charge in [-0.15, -0.1) is 0 Å². The Balaban J connectivity index is 1.80. The molecular weight excluding hydrogens is 256 g/mol. The van der Waals surface area contributed by atoms with Crippen molar-refractivity contribution in [3.05, 3.63) is 0 Å². The van der Waals surface area contributed by atoms with Crippen LogP contribution in [0.4, 0.5) is 4.79 Å². The molecule has 0 radical (unpaired) electrons. The first-order valence-corrected chi connectivity index (χ1v) is 7.68. The number of carbonyl (C=O) groups excluding carboxylic acids is 1. The lowest BCUT2D eigenvalue weighted by molar-refractivity contribution is -0.146. The molecule has 1 heterocycles. The SMILES string of the molecule is CC1CCCCC1CNC(=O)N1CCC(C)(C(=O)O)C1. The fourth-order valence-electron chi connectivity index (χ4n) is 3.34. The molecule has 1 saturated carbocycles. The first kappa shape index (κ1) is 15.1. The summed E-state index contributed by atoms with van der Waals surface area (Å²) in [5, 5.41) is 12.2. The van der Waals surface area contributed by atoms with Crippen molar-refractivity contribution < 1.29 is 14.7 Å². The predicted octanol–water partition coefficient (Wildman–Crippen LogP) is 2.32. The fraction of sp³-hybridized carbons (Fsp3) is 0.867. The molecule has 0 bridgehead atoms. The van der Waals surface area contributed by atoms with Crippen LogP contribution in [0, 0.1) is 17.3 Å². The van der Waals surface area contributed by atoms with E-state index in [9.17, 15) is 14.7 Å². The average molecular weight is 282 g/mol. The van der Waals surface area contributed by atoms with Gasteiger partial charge in [0.25, 0.3) is 0 Å². The number of carboxylic acid groups (broad SMARTS) is 1. The van der Waals surface area contributed by atoms with Crippen LogP contribution < -0.4 is 5.32 Å². The summed E-state index contributed by atoms with van der Waals surface area (Å²) in [6, 6.07) is -0.104. The number of carboxylic acids is 1. The summed E-state index contributed by atoms with van der Waals surface area (Å²) < 4.78 is 0. The van der Waals surface area contributed by atoms with Crippen molar-refractivity contribution in [2.45, 2.75) is 46.0 Å². The van der Waals surface area contributed by atoms with Crippen LogP contribution >= 0.6 is 0 Å². The largest absolute Gasteiger partial charge is 0.481 e. The maximum absolute atomic E-state index is 12.1. The standard InChI is InChI=1S/C15H26N2O3/c1-11-5-3-4-6-12(11)9-16-14(20)17-8-7-15(2,10-17)13(18)19/h11-12H,3-10H2,1-2H3,(H,16,20)(H,18,19). The highest BCUT2D eigenvalue weighted by Gasteiger charge is 2.42. The van der Waals surface area contributed by atoms with E-state index in [1.54, 1.807) is 11.8 Å². The number of urea groups is 1. The van der Waals surface area contributed by atoms with Crippen molar-refractivity contribution in [1.29, 1.82) is 0 Å². The smallest absolute Gasteiger partial charge is 0.317 e. The lowest BCUT2D eigenvalue weighted by atomic mass is 9.80. The Kier molecular flexibility index (Phi) is 4.55. The second-order valence-corrected chi connectivity index (χ2v) is 6.75. The van der Waals surface area contributed by atoms with Crippen molar-refractivity contribution >= 4 is 12.0 Å². The van der Waals surface area contributed by atoms with Gasteiger partial charge >= 0.3 is 12.0 Å². The second kappa shape index (κ2) is 6.02. The molecular formula is C15H26N2O3. The van der Waals surface area contributed by atoms with Crippen LogP contribution in [0.3, 0.4) is 0 Å². The molecule has 114 valence electrons. The third-order valence-corrected chi connectivity index (χ3v) is 5.08. The minimum absolute atomic E-state index is 0.104. The average Bonchev–Trinajstić information content (AvgIpc) is 2.82. The van der Waals surface area contributed by atoms with Crippen LogP contribution in [0.1, 0.15) is 46.0 Å². The molecule has 2 aliphatic rings. The second-order valence-electron chi connectivity index (χ2n) is 6.75. The summed E-state index contributed by atoms with van der Waals surface area (Å²) in [5.41, 5.74) is -0.782. The van der Waals surface area contributed by atoms with E-state index >= 15 is 0 Å². The third-order valence-electron chi connectivity index (χ3n) is 5.08. The third kappa shape index (κ3) is 3.25. The van der Waals surface area contributed by atoms with Gasteiger partial charge in [-0.2, -0.15) is 0 Å². The summed E-state index contributed by atoms with van der Waals surface area (Å²) in [5.74, 6) is 0.432. The molecule has 0 aromatic carbocycles. The van der Waals surface area contributed by atoms with Gasteiger partial charge in [0.05, 0.1) is 5.41 Å². The monoisotopic (exact) mass is 282 g/mol. The molecule has 3 unspecified atom stereocenters. The Morgan fingerprint density at radius 3 is 2.65 bits per heavy atom. The van der Waals surface area contributed by atoms with Crippen LogP contribution in [0.2, 0.25) is 0 Å². The zero-order valence-corrected chi connectivity index (χ0v) is 12.5. The van der Waals surface area contributed by atoms with Gasteiger partial charge in [0.15, 0.2) is 0 Å². The van der Waals surface area contributed by atoms with Crippen LogP contribution in [-0.2, 0) is 4.79 Å². The van der Waals surface area contributed by atoms with Crippen molar-refractivity contribution in [3.8, 4) is 0 Å². The van der Waals surface area contributed by atoms with E-state index in [4.69, 9.17) is 0 Å². The molecule has 1 aliphatic carbocycles. The topological polar surface area (TPSA) is 69.6 Å². The molecule has 3 atom stereocenters. The molecule has 2 N–H and O–H groups in total. The zero-order valence-electron chi connectivity index (χ0n) is 12.5. The van der Waals surface area contributed by atoms with E-state index in [1.165, 1.54) is 25.7 Å². The van der Waals surface area contributed by atoms with Crippen LogP contribution in [0.15, 0.2) is 0 Å². The van der Waals surface area contributed by atoms with Crippen LogP contribution in [0.25, 0.3) is 0 Å². The number of amides is 2. The number of rotatable bonds is 3. The van der Waals surface area contributed by atoms with Gasteiger partial charge < -0.3 is 15.3 Å². The quantitative estimate of drug-likeness (QED) is 0.834. The van der Waals surface area contributed by atoms with Crippen LogP contribution in [0.5, 0.6) is 0 Å². The molecule has 0 aromatic rings. The number of carbonyl (C=O) groups is 2. The van der Waals surface area contributed by atoms with Gasteiger partial charge in [0, 0.05) is 19.6 Å². The van der Waals surface area contributed by atoms with Crippen molar-refractivity contribution in [1.82, 2.24) is 10.2 Å². The molecule has 0 spiro atoms. The van der Waals surface area contributed by atoms with Gasteiger partial charge in [-0.25, -0.2) is 4.79 Å². The molecule has 5 nitrogen and oxygen atoms in total. The first-order chi connectivity index (χ1) is 9.42. The molecule has 2 fully saturated rings. The minimum Gasteiger partial charge on any atom is -0.481 e. The van der Waals surface area contributed by atoms with E-state index in [-0.39, 0.29) is 6.03 Å². The predicted molar refractivity (Wildman–Crippen MR) is 76.5 cm³/mol. The number of aliphatic carboxylic acids is 1. The highest BCUT2D eigenvalue weighted by Crippen LogP contribution is 2.31. The zero-order chi connectivity index (χ0) is 14.8. The maximum atomic E-state index is 12.1. The van der Waals surface area contributed by atoms with Crippen molar-refractivity contribution in [2.75, 3.05) is 19.6 Å². The molecule has 1 aliphatic heterocycles. The lowest BCUT2D eigenvalue weighted by Crippen LogP contribution is -2.43. The van der Waals surface area contributed by atoms with E-state index < -0.39 is 11.4 Å². The fourth-order valence-corrected chi connectivity index (χ4v) is 3.34. The lowest BCUT2D eigenvalue weighted by Gasteiger charge is -2.29. The molecule has 2 rings (SSSR count). The molecule has 0 aromatic heterocycles. The Morgan fingerprint density at radius 2 is 2.05 bits per heavy atom. The van der Waals surface area contributed by atoms with Crippen LogP contribution in [-0.4, -0.2) is 41.6 Å². The number of likely N-dealkylation sites (tertiary alicyclic amines) is 1. The van der Waals surface area contributed by atoms with Crippen molar-refractivity contribution in [2.24, 2.45) is 17.3 Å².